The van der Waals surface area contributed by atoms with Crippen LogP contribution in [-0.2, 0) is 32.8 Å². The van der Waals surface area contributed by atoms with E-state index in [1.165, 1.54) is 69.9 Å². The predicted octanol–water partition coefficient (Wildman–Crippen LogP) is 10.9. The van der Waals surface area contributed by atoms with Crippen LogP contribution in [0.3, 0.4) is 0 Å². The summed E-state index contributed by atoms with van der Waals surface area (Å²) in [5.41, 5.74) is 10.7. The van der Waals surface area contributed by atoms with E-state index in [0.717, 1.165) is 12.8 Å². The van der Waals surface area contributed by atoms with Crippen molar-refractivity contribution in [2.24, 2.45) is 0 Å². The van der Waals surface area contributed by atoms with Crippen molar-refractivity contribution in [1.82, 2.24) is 0 Å². The molecule has 200 valence electrons. The Hall–Kier alpha value is -3.32. The van der Waals surface area contributed by atoms with Crippen LogP contribution in [0.25, 0.3) is 43.8 Å². The summed E-state index contributed by atoms with van der Waals surface area (Å²) in [6.07, 6.45) is 2.20. The molecule has 0 nitrogen and oxygen atoms in total. The van der Waals surface area contributed by atoms with Gasteiger partial charge in [0.05, 0.1) is 0 Å². The van der Waals surface area contributed by atoms with Crippen LogP contribution in [0.1, 0.15) is 49.9 Å². The molecule has 0 saturated carbocycles. The van der Waals surface area contributed by atoms with Gasteiger partial charge in [-0.05, 0) is 37.8 Å². The maximum atomic E-state index is 2.32. The number of benzene rings is 4. The van der Waals surface area contributed by atoms with Crippen LogP contribution in [0.4, 0.5) is 0 Å². The molecule has 0 amide bonds. The Bertz CT molecular complexity index is 1560. The predicted molar refractivity (Wildman–Crippen MR) is 175 cm³/mol. The maximum absolute atomic E-state index is 2.32. The summed E-state index contributed by atoms with van der Waals surface area (Å²) in [6.45, 7) is 12.8. The Labute approximate surface area is 252 Å². The van der Waals surface area contributed by atoms with E-state index in [-0.39, 0.29) is 0 Å². The van der Waals surface area contributed by atoms with Crippen molar-refractivity contribution >= 4 is 25.4 Å². The fourth-order valence-corrected chi connectivity index (χ4v) is 4.97. The Morgan fingerprint density at radius 2 is 0.925 bits per heavy atom. The molecule has 0 aliphatic carbocycles. The SMILES string of the molecule is CCc1cc2c(-c3ccc(C)cc3)cccc2[cH-]1.CCc1cc2c(-c3ccc(C)cc3)cccc2[cH-]1.C[C](C)=[Ti+2]. The quantitative estimate of drug-likeness (QED) is 0.150. The summed E-state index contributed by atoms with van der Waals surface area (Å²) < 4.78 is 1.42. The molecule has 1 heteroatoms. The summed E-state index contributed by atoms with van der Waals surface area (Å²) >= 11 is 2.08. The van der Waals surface area contributed by atoms with E-state index < -0.39 is 0 Å². The van der Waals surface area contributed by atoms with Crippen molar-refractivity contribution in [3.05, 3.63) is 131 Å². The summed E-state index contributed by atoms with van der Waals surface area (Å²) in [5.74, 6) is 0. The molecular weight excluding hydrogens is 516 g/mol. The van der Waals surface area contributed by atoms with Crippen LogP contribution >= 0.6 is 0 Å². The Morgan fingerprint density at radius 1 is 0.575 bits per heavy atom. The summed E-state index contributed by atoms with van der Waals surface area (Å²) in [4.78, 5) is 0. The van der Waals surface area contributed by atoms with E-state index >= 15 is 0 Å². The van der Waals surface area contributed by atoms with Gasteiger partial charge in [-0.2, -0.15) is 12.1 Å². The van der Waals surface area contributed by atoms with Crippen molar-refractivity contribution in [2.75, 3.05) is 0 Å². The third kappa shape index (κ3) is 7.45. The van der Waals surface area contributed by atoms with Gasteiger partial charge in [-0.3, -0.25) is 0 Å². The molecule has 6 aromatic carbocycles. The monoisotopic (exact) mass is 556 g/mol. The van der Waals surface area contributed by atoms with E-state index in [1.54, 1.807) is 0 Å². The van der Waals surface area contributed by atoms with Crippen molar-refractivity contribution < 1.29 is 20.0 Å². The third-order valence-corrected chi connectivity index (χ3v) is 7.16. The molecule has 6 rings (SSSR count). The van der Waals surface area contributed by atoms with Gasteiger partial charge in [0.2, 0.25) is 0 Å². The number of fused-ring (bicyclic) bond motifs is 2. The Morgan fingerprint density at radius 3 is 1.25 bits per heavy atom. The van der Waals surface area contributed by atoms with E-state index in [0.29, 0.717) is 0 Å². The molecule has 0 radical (unpaired) electrons. The van der Waals surface area contributed by atoms with Crippen LogP contribution in [0.15, 0.2) is 109 Å². The number of rotatable bonds is 4. The average molecular weight is 557 g/mol. The summed E-state index contributed by atoms with van der Waals surface area (Å²) in [5, 5.41) is 5.45. The molecule has 0 spiro atoms. The first-order valence-corrected chi connectivity index (χ1v) is 15.1. The minimum atomic E-state index is 1.10. The Kier molecular flexibility index (Phi) is 10.3. The first-order chi connectivity index (χ1) is 19.3. The zero-order chi connectivity index (χ0) is 28.6. The second-order valence-electron chi connectivity index (χ2n) is 10.8. The van der Waals surface area contributed by atoms with Crippen LogP contribution in [-0.4, -0.2) is 3.81 Å². The van der Waals surface area contributed by atoms with Crippen LogP contribution < -0.4 is 0 Å². The molecule has 0 unspecified atom stereocenters. The van der Waals surface area contributed by atoms with Gasteiger partial charge in [-0.15, -0.1) is 69.1 Å². The second kappa shape index (κ2) is 13.8. The van der Waals surface area contributed by atoms with E-state index in [4.69, 9.17) is 0 Å². The number of hydrogen-bond acceptors (Lipinski definition) is 0. The van der Waals surface area contributed by atoms with Gasteiger partial charge >= 0.3 is 37.6 Å². The third-order valence-electron chi connectivity index (χ3n) is 7.16. The van der Waals surface area contributed by atoms with Crippen molar-refractivity contribution in [1.29, 1.82) is 0 Å². The Balaban J connectivity index is 0.000000164. The second-order valence-corrected chi connectivity index (χ2v) is 12.3. The van der Waals surface area contributed by atoms with Crippen LogP contribution in [0.2, 0.25) is 0 Å². The normalized spacial score (nSPS) is 10.6. The summed E-state index contributed by atoms with van der Waals surface area (Å²) in [6, 6.07) is 39.9. The van der Waals surface area contributed by atoms with Gasteiger partial charge in [0.25, 0.3) is 0 Å². The van der Waals surface area contributed by atoms with Crippen molar-refractivity contribution in [2.45, 2.75) is 54.4 Å². The first kappa shape index (κ1) is 29.7. The van der Waals surface area contributed by atoms with E-state index in [9.17, 15) is 0 Å². The topological polar surface area (TPSA) is 0 Å². The molecule has 0 saturated heterocycles. The molecule has 0 atom stereocenters. The zero-order valence-corrected chi connectivity index (χ0v) is 26.4. The molecule has 0 aliphatic heterocycles. The molecule has 0 fully saturated rings. The van der Waals surface area contributed by atoms with E-state index in [2.05, 4.69) is 171 Å². The van der Waals surface area contributed by atoms with Gasteiger partial charge in [0.15, 0.2) is 0 Å². The van der Waals surface area contributed by atoms with Gasteiger partial charge in [0.1, 0.15) is 0 Å². The van der Waals surface area contributed by atoms with E-state index in [1.807, 2.05) is 0 Å². The molecular formula is C39H40Ti. The van der Waals surface area contributed by atoms with Crippen LogP contribution in [0, 0.1) is 13.8 Å². The number of aryl methyl sites for hydroxylation is 4. The first-order valence-electron chi connectivity index (χ1n) is 14.3. The molecule has 0 bridgehead atoms. The molecule has 0 aliphatic rings. The number of hydrogen-bond donors (Lipinski definition) is 0. The van der Waals surface area contributed by atoms with Gasteiger partial charge < -0.3 is 0 Å². The fraction of sp³-hybridized carbons (Fsp3) is 0.205. The minimum absolute atomic E-state index is 1.10. The zero-order valence-electron chi connectivity index (χ0n) is 24.8. The van der Waals surface area contributed by atoms with Gasteiger partial charge in [-0.25, -0.2) is 0 Å². The van der Waals surface area contributed by atoms with Gasteiger partial charge in [-0.1, -0.05) is 96.8 Å². The fourth-order valence-electron chi connectivity index (χ4n) is 4.97. The average Bonchev–Trinajstić information content (AvgIpc) is 3.58. The summed E-state index contributed by atoms with van der Waals surface area (Å²) in [7, 11) is 0. The molecule has 0 N–H and O–H groups in total. The van der Waals surface area contributed by atoms with Crippen molar-refractivity contribution in [3.8, 4) is 22.3 Å². The van der Waals surface area contributed by atoms with Gasteiger partial charge in [0, 0.05) is 0 Å². The van der Waals surface area contributed by atoms with Crippen molar-refractivity contribution in [3.63, 3.8) is 0 Å². The standard InChI is InChI=1S/2C18H17.C3H6.Ti/c2*1-3-14-11-16-5-4-6-17(18(16)12-14)15-9-7-13(2)8-10-15;1-3-2;/h2*4-12H,3H2,1-2H3;1-2H3;/q2*-1;;+2. The molecule has 6 aromatic rings. The molecule has 0 heterocycles. The molecule has 0 aromatic heterocycles. The van der Waals surface area contributed by atoms with Crippen LogP contribution in [0.5, 0.6) is 0 Å². The molecule has 40 heavy (non-hydrogen) atoms.